The topological polar surface area (TPSA) is 96.2 Å². The molecule has 4 aliphatic carbocycles. The third-order valence-electron chi connectivity index (χ3n) is 11.9. The van der Waals surface area contributed by atoms with E-state index >= 15 is 0 Å². The highest BCUT2D eigenvalue weighted by atomic mass is 16.7. The summed E-state index contributed by atoms with van der Waals surface area (Å²) in [6.45, 7) is 10.3. The fraction of sp³-hybridized carbons (Fsp3) is 0.960. The van der Waals surface area contributed by atoms with Crippen molar-refractivity contribution in [2.24, 2.45) is 33.5 Å². The van der Waals surface area contributed by atoms with Gasteiger partial charge in [-0.15, -0.1) is 0 Å². The van der Waals surface area contributed by atoms with Gasteiger partial charge in [-0.05, 0) is 76.0 Å². The van der Waals surface area contributed by atoms with Crippen LogP contribution in [0.15, 0.2) is 0 Å². The van der Waals surface area contributed by atoms with E-state index in [1.807, 2.05) is 6.92 Å². The molecule has 174 valence electrons. The number of hydrogen-bond acceptors (Lipinski definition) is 6. The minimum atomic E-state index is -1.77. The molecule has 6 heteroatoms. The van der Waals surface area contributed by atoms with Gasteiger partial charge in [0.25, 0.3) is 0 Å². The Labute approximate surface area is 184 Å². The standard InChI is InChI=1S/C25H38O6/c1-15(2)21-9-10-22(16(21)11-21)14-30-25-12-18(3)7-6-8-19(4,27)24(18,29)13-23(22,25)20(5,28)17(26)31-25/h15-16,27-29H,6-14H2,1-5H3/t16-,18+,19+,20+,21+,22+,23-,24+,25-/m0/s1. The first-order chi connectivity index (χ1) is 14.2. The first kappa shape index (κ1) is 20.9. The van der Waals surface area contributed by atoms with Gasteiger partial charge < -0.3 is 24.8 Å². The summed E-state index contributed by atoms with van der Waals surface area (Å²) >= 11 is 0. The minimum absolute atomic E-state index is 0.132. The Balaban J connectivity index is 1.59. The number of ether oxygens (including phenoxy) is 2. The van der Waals surface area contributed by atoms with Crippen molar-refractivity contribution in [3.63, 3.8) is 0 Å². The molecule has 0 bridgehead atoms. The van der Waals surface area contributed by atoms with E-state index in [-0.39, 0.29) is 11.8 Å². The molecule has 6 fully saturated rings. The van der Waals surface area contributed by atoms with E-state index in [9.17, 15) is 20.1 Å². The molecule has 0 aromatic rings. The van der Waals surface area contributed by atoms with Gasteiger partial charge in [-0.3, -0.25) is 0 Å². The molecule has 2 saturated heterocycles. The molecule has 0 amide bonds. The van der Waals surface area contributed by atoms with Crippen molar-refractivity contribution in [3.8, 4) is 0 Å². The Morgan fingerprint density at radius 1 is 1.00 bits per heavy atom. The molecular formula is C25H38O6. The highest BCUT2D eigenvalue weighted by Gasteiger charge is 2.93. The summed E-state index contributed by atoms with van der Waals surface area (Å²) in [4.78, 5) is 13.2. The Morgan fingerprint density at radius 2 is 1.71 bits per heavy atom. The zero-order valence-electron chi connectivity index (χ0n) is 19.6. The first-order valence-electron chi connectivity index (χ1n) is 12.2. The third kappa shape index (κ3) is 1.80. The van der Waals surface area contributed by atoms with E-state index in [4.69, 9.17) is 9.47 Å². The van der Waals surface area contributed by atoms with Gasteiger partial charge in [-0.1, -0.05) is 20.8 Å². The van der Waals surface area contributed by atoms with Crippen molar-refractivity contribution in [1.82, 2.24) is 0 Å². The van der Waals surface area contributed by atoms with E-state index in [2.05, 4.69) is 13.8 Å². The van der Waals surface area contributed by atoms with Crippen LogP contribution in [0.3, 0.4) is 0 Å². The first-order valence-corrected chi connectivity index (χ1v) is 12.2. The van der Waals surface area contributed by atoms with Crippen LogP contribution in [0.1, 0.15) is 86.0 Å². The predicted molar refractivity (Wildman–Crippen MR) is 112 cm³/mol. The summed E-state index contributed by atoms with van der Waals surface area (Å²) in [5, 5.41) is 35.7. The van der Waals surface area contributed by atoms with E-state index in [0.29, 0.717) is 31.3 Å². The van der Waals surface area contributed by atoms with Gasteiger partial charge in [0.15, 0.2) is 5.60 Å². The molecule has 6 nitrogen and oxygen atoms in total. The number of rotatable bonds is 1. The molecule has 1 spiro atoms. The molecule has 0 unspecified atom stereocenters. The highest BCUT2D eigenvalue weighted by molar-refractivity contribution is 5.84. The van der Waals surface area contributed by atoms with E-state index in [0.717, 1.165) is 32.1 Å². The Kier molecular flexibility index (Phi) is 3.49. The third-order valence-corrected chi connectivity index (χ3v) is 11.9. The summed E-state index contributed by atoms with van der Waals surface area (Å²) in [5.41, 5.74) is -6.46. The van der Waals surface area contributed by atoms with Gasteiger partial charge in [0.05, 0.1) is 23.2 Å². The van der Waals surface area contributed by atoms with Gasteiger partial charge in [-0.2, -0.15) is 0 Å². The molecule has 31 heavy (non-hydrogen) atoms. The maximum Gasteiger partial charge on any atom is 0.341 e. The summed E-state index contributed by atoms with van der Waals surface area (Å²) in [6, 6.07) is 0. The molecule has 2 aliphatic heterocycles. The quantitative estimate of drug-likeness (QED) is 0.549. The maximum atomic E-state index is 13.2. The molecule has 3 N–H and O–H groups in total. The SMILES string of the molecule is CC(C)[C@]12CC[C@@]3(CO[C@]45C[C@@]6(C)CCC[C@@](C)(O)[C@@]6(O)C[C@@]43[C@](C)(O)C(=O)O5)[C@H]1C2. The number of carbonyl (C=O) groups excluding carboxylic acids is 1. The number of esters is 1. The van der Waals surface area contributed by atoms with Crippen LogP contribution in [0.2, 0.25) is 0 Å². The summed E-state index contributed by atoms with van der Waals surface area (Å²) in [6.07, 6.45) is 5.46. The largest absolute Gasteiger partial charge is 0.430 e. The molecule has 0 aromatic heterocycles. The Bertz CT molecular complexity index is 881. The molecule has 9 atom stereocenters. The second-order valence-electron chi connectivity index (χ2n) is 13.1. The van der Waals surface area contributed by atoms with Crippen molar-refractivity contribution >= 4 is 5.97 Å². The number of hydrogen-bond donors (Lipinski definition) is 3. The van der Waals surface area contributed by atoms with Crippen LogP contribution in [0.4, 0.5) is 0 Å². The highest BCUT2D eigenvalue weighted by Crippen LogP contribution is 2.87. The summed E-state index contributed by atoms with van der Waals surface area (Å²) in [7, 11) is 0. The van der Waals surface area contributed by atoms with Crippen LogP contribution in [-0.4, -0.2) is 50.5 Å². The average Bonchev–Trinajstić information content (AvgIpc) is 3.19. The molecule has 6 rings (SSSR count). The Morgan fingerprint density at radius 3 is 2.32 bits per heavy atom. The van der Waals surface area contributed by atoms with Gasteiger partial charge >= 0.3 is 5.97 Å². The summed E-state index contributed by atoms with van der Waals surface area (Å²) < 4.78 is 12.6. The van der Waals surface area contributed by atoms with Crippen molar-refractivity contribution in [3.05, 3.63) is 0 Å². The lowest BCUT2D eigenvalue weighted by Gasteiger charge is -2.67. The number of carbonyl (C=O) groups is 1. The molecular weight excluding hydrogens is 396 g/mol. The summed E-state index contributed by atoms with van der Waals surface area (Å²) in [5.74, 6) is -1.03. The smallest absolute Gasteiger partial charge is 0.341 e. The van der Waals surface area contributed by atoms with E-state index in [1.165, 1.54) is 0 Å². The maximum absolute atomic E-state index is 13.2. The monoisotopic (exact) mass is 434 g/mol. The predicted octanol–water partition coefficient (Wildman–Crippen LogP) is 2.92. The van der Waals surface area contributed by atoms with Gasteiger partial charge in [0, 0.05) is 17.3 Å². The second-order valence-corrected chi connectivity index (χ2v) is 13.1. The zero-order valence-corrected chi connectivity index (χ0v) is 19.6. The van der Waals surface area contributed by atoms with Crippen molar-refractivity contribution < 1.29 is 29.6 Å². The average molecular weight is 435 g/mol. The molecule has 2 heterocycles. The van der Waals surface area contributed by atoms with Crippen LogP contribution >= 0.6 is 0 Å². The van der Waals surface area contributed by atoms with Crippen LogP contribution in [0, 0.1) is 33.5 Å². The lowest BCUT2D eigenvalue weighted by Crippen LogP contribution is -2.76. The van der Waals surface area contributed by atoms with Crippen LogP contribution in [-0.2, 0) is 14.3 Å². The van der Waals surface area contributed by atoms with Crippen molar-refractivity contribution in [1.29, 1.82) is 0 Å². The molecule has 0 radical (unpaired) electrons. The normalized spacial score (nSPS) is 64.2. The van der Waals surface area contributed by atoms with E-state index < -0.39 is 44.8 Å². The Hall–Kier alpha value is -0.690. The van der Waals surface area contributed by atoms with Gasteiger partial charge in [-0.25, -0.2) is 4.79 Å². The fourth-order valence-electron chi connectivity index (χ4n) is 9.99. The second kappa shape index (κ2) is 5.18. The van der Waals surface area contributed by atoms with Crippen LogP contribution in [0.5, 0.6) is 0 Å². The number of aliphatic hydroxyl groups is 3. The fourth-order valence-corrected chi connectivity index (χ4v) is 9.99. The zero-order chi connectivity index (χ0) is 22.5. The minimum Gasteiger partial charge on any atom is -0.430 e. The van der Waals surface area contributed by atoms with Crippen molar-refractivity contribution in [2.45, 2.75) is 109 Å². The molecule has 6 aliphatic rings. The van der Waals surface area contributed by atoms with Gasteiger partial charge in [0.1, 0.15) is 0 Å². The lowest BCUT2D eigenvalue weighted by atomic mass is 9.39. The molecule has 0 aromatic carbocycles. The van der Waals surface area contributed by atoms with E-state index in [1.54, 1.807) is 13.8 Å². The molecule has 4 saturated carbocycles. The van der Waals surface area contributed by atoms with Gasteiger partial charge in [0.2, 0.25) is 5.79 Å². The lowest BCUT2D eigenvalue weighted by molar-refractivity contribution is -0.345. The van der Waals surface area contributed by atoms with Crippen LogP contribution < -0.4 is 0 Å². The van der Waals surface area contributed by atoms with Crippen LogP contribution in [0.25, 0.3) is 0 Å². The van der Waals surface area contributed by atoms with Crippen molar-refractivity contribution in [2.75, 3.05) is 6.61 Å². The number of fused-ring (bicyclic) bond motifs is 3.